The van der Waals surface area contributed by atoms with E-state index in [4.69, 9.17) is 0 Å². The first-order valence-electron chi connectivity index (χ1n) is 6.28. The highest BCUT2D eigenvalue weighted by Crippen LogP contribution is 2.17. The van der Waals surface area contributed by atoms with E-state index in [-0.39, 0.29) is 23.7 Å². The summed E-state index contributed by atoms with van der Waals surface area (Å²) in [6.45, 7) is 1.58. The third-order valence-electron chi connectivity index (χ3n) is 2.88. The van der Waals surface area contributed by atoms with Crippen LogP contribution >= 0.6 is 0 Å². The van der Waals surface area contributed by atoms with Crippen molar-refractivity contribution in [2.75, 3.05) is 5.32 Å². The SMILES string of the molecule is CC(=O)Nc1cc(F)ccc1C(=O)NCc1cncn1C. The number of nitrogens with one attached hydrogen (secondary N) is 2. The molecule has 0 bridgehead atoms. The van der Waals surface area contributed by atoms with Gasteiger partial charge >= 0.3 is 0 Å². The molecule has 110 valence electrons. The number of carbonyl (C=O) groups excluding carboxylic acids is 2. The van der Waals surface area contributed by atoms with Crippen LogP contribution in [-0.2, 0) is 18.4 Å². The molecular formula is C14H15FN4O2. The van der Waals surface area contributed by atoms with Gasteiger partial charge in [-0.05, 0) is 18.2 Å². The summed E-state index contributed by atoms with van der Waals surface area (Å²) in [4.78, 5) is 27.2. The number of anilines is 1. The van der Waals surface area contributed by atoms with Gasteiger partial charge in [0.25, 0.3) is 5.91 Å². The van der Waals surface area contributed by atoms with Crippen LogP contribution in [0.25, 0.3) is 0 Å². The summed E-state index contributed by atoms with van der Waals surface area (Å²) >= 11 is 0. The summed E-state index contributed by atoms with van der Waals surface area (Å²) in [7, 11) is 1.81. The third kappa shape index (κ3) is 3.65. The molecule has 21 heavy (non-hydrogen) atoms. The third-order valence-corrected chi connectivity index (χ3v) is 2.88. The van der Waals surface area contributed by atoms with Crippen LogP contribution in [0.5, 0.6) is 0 Å². The van der Waals surface area contributed by atoms with Crippen molar-refractivity contribution < 1.29 is 14.0 Å². The molecule has 0 saturated carbocycles. The Balaban J connectivity index is 2.15. The van der Waals surface area contributed by atoms with Crippen LogP contribution in [0.3, 0.4) is 0 Å². The lowest BCUT2D eigenvalue weighted by molar-refractivity contribution is -0.114. The molecule has 6 nitrogen and oxygen atoms in total. The standard InChI is InChI=1S/C14H15FN4O2/c1-9(20)18-13-5-10(15)3-4-12(13)14(21)17-7-11-6-16-8-19(11)2/h3-6,8H,7H2,1-2H3,(H,17,21)(H,18,20). The zero-order valence-electron chi connectivity index (χ0n) is 11.7. The number of rotatable bonds is 4. The molecular weight excluding hydrogens is 275 g/mol. The highest BCUT2D eigenvalue weighted by atomic mass is 19.1. The lowest BCUT2D eigenvalue weighted by atomic mass is 10.1. The Bertz CT molecular complexity index is 681. The molecule has 1 aromatic carbocycles. The molecule has 2 rings (SSSR count). The number of aryl methyl sites for hydroxylation is 1. The van der Waals surface area contributed by atoms with Crippen LogP contribution in [0.4, 0.5) is 10.1 Å². The van der Waals surface area contributed by atoms with E-state index in [1.165, 1.54) is 19.1 Å². The number of hydrogen-bond donors (Lipinski definition) is 2. The number of benzene rings is 1. The van der Waals surface area contributed by atoms with Crippen LogP contribution in [0.15, 0.2) is 30.7 Å². The lowest BCUT2D eigenvalue weighted by Crippen LogP contribution is -2.25. The van der Waals surface area contributed by atoms with Gasteiger partial charge in [-0.15, -0.1) is 0 Å². The van der Waals surface area contributed by atoms with Crippen molar-refractivity contribution >= 4 is 17.5 Å². The monoisotopic (exact) mass is 290 g/mol. The molecule has 0 unspecified atom stereocenters. The molecule has 0 aliphatic heterocycles. The summed E-state index contributed by atoms with van der Waals surface area (Å²) < 4.78 is 15.0. The molecule has 1 aromatic heterocycles. The van der Waals surface area contributed by atoms with Gasteiger partial charge < -0.3 is 15.2 Å². The van der Waals surface area contributed by atoms with Gasteiger partial charge in [0.05, 0.1) is 29.8 Å². The van der Waals surface area contributed by atoms with Crippen molar-refractivity contribution in [3.63, 3.8) is 0 Å². The van der Waals surface area contributed by atoms with Gasteiger partial charge in [0.1, 0.15) is 5.82 Å². The normalized spacial score (nSPS) is 10.2. The molecule has 0 spiro atoms. The van der Waals surface area contributed by atoms with Crippen molar-refractivity contribution in [1.82, 2.24) is 14.9 Å². The molecule has 1 heterocycles. The second-order valence-electron chi connectivity index (χ2n) is 4.55. The molecule has 0 saturated heterocycles. The number of amides is 2. The molecule has 0 radical (unpaired) electrons. The smallest absolute Gasteiger partial charge is 0.253 e. The minimum atomic E-state index is -0.526. The minimum absolute atomic E-state index is 0.144. The van der Waals surface area contributed by atoms with Crippen molar-refractivity contribution in [1.29, 1.82) is 0 Å². The van der Waals surface area contributed by atoms with E-state index >= 15 is 0 Å². The van der Waals surface area contributed by atoms with Gasteiger partial charge in [0, 0.05) is 20.2 Å². The topological polar surface area (TPSA) is 76.0 Å². The van der Waals surface area contributed by atoms with Crippen molar-refractivity contribution in [3.8, 4) is 0 Å². The van der Waals surface area contributed by atoms with E-state index < -0.39 is 11.7 Å². The molecule has 0 atom stereocenters. The zero-order chi connectivity index (χ0) is 15.4. The predicted molar refractivity (Wildman–Crippen MR) is 75.1 cm³/mol. The van der Waals surface area contributed by atoms with E-state index in [0.29, 0.717) is 0 Å². The first kappa shape index (κ1) is 14.7. The zero-order valence-corrected chi connectivity index (χ0v) is 11.7. The molecule has 0 aliphatic carbocycles. The highest BCUT2D eigenvalue weighted by Gasteiger charge is 2.13. The number of carbonyl (C=O) groups is 2. The summed E-state index contributed by atoms with van der Waals surface area (Å²) in [6, 6.07) is 3.61. The maximum absolute atomic E-state index is 13.2. The molecule has 0 aliphatic rings. The second-order valence-corrected chi connectivity index (χ2v) is 4.55. The largest absolute Gasteiger partial charge is 0.346 e. The van der Waals surface area contributed by atoms with E-state index in [0.717, 1.165) is 11.8 Å². The quantitative estimate of drug-likeness (QED) is 0.894. The van der Waals surface area contributed by atoms with Crippen molar-refractivity contribution in [2.24, 2.45) is 7.05 Å². The van der Waals surface area contributed by atoms with Gasteiger partial charge in [0.2, 0.25) is 5.91 Å². The Morgan fingerprint density at radius 1 is 1.38 bits per heavy atom. The van der Waals surface area contributed by atoms with Crippen LogP contribution in [-0.4, -0.2) is 21.4 Å². The van der Waals surface area contributed by atoms with Gasteiger partial charge in [-0.25, -0.2) is 9.37 Å². The average molecular weight is 290 g/mol. The Morgan fingerprint density at radius 2 is 2.14 bits per heavy atom. The summed E-state index contributed by atoms with van der Waals surface area (Å²) in [5.74, 6) is -1.30. The Morgan fingerprint density at radius 3 is 2.76 bits per heavy atom. The fourth-order valence-corrected chi connectivity index (χ4v) is 1.83. The van der Waals surface area contributed by atoms with Crippen LogP contribution in [0.1, 0.15) is 23.0 Å². The molecule has 0 fully saturated rings. The number of halogens is 1. The average Bonchev–Trinajstić information content (AvgIpc) is 2.81. The number of aromatic nitrogens is 2. The summed E-state index contributed by atoms with van der Waals surface area (Å²) in [5.41, 5.74) is 1.17. The number of imidazole rings is 1. The Labute approximate surface area is 121 Å². The summed E-state index contributed by atoms with van der Waals surface area (Å²) in [6.07, 6.45) is 3.27. The summed E-state index contributed by atoms with van der Waals surface area (Å²) in [5, 5.41) is 5.14. The van der Waals surface area contributed by atoms with Crippen molar-refractivity contribution in [2.45, 2.75) is 13.5 Å². The fourth-order valence-electron chi connectivity index (χ4n) is 1.83. The van der Waals surface area contributed by atoms with E-state index in [1.54, 1.807) is 17.1 Å². The predicted octanol–water partition coefficient (Wildman–Crippen LogP) is 1.45. The van der Waals surface area contributed by atoms with E-state index in [1.807, 2.05) is 7.05 Å². The van der Waals surface area contributed by atoms with Crippen LogP contribution in [0.2, 0.25) is 0 Å². The maximum atomic E-state index is 13.2. The van der Waals surface area contributed by atoms with Gasteiger partial charge in [-0.2, -0.15) is 0 Å². The lowest BCUT2D eigenvalue weighted by Gasteiger charge is -2.11. The first-order valence-corrected chi connectivity index (χ1v) is 6.28. The molecule has 2 amide bonds. The first-order chi connectivity index (χ1) is 9.97. The molecule has 2 N–H and O–H groups in total. The van der Waals surface area contributed by atoms with Crippen LogP contribution in [0, 0.1) is 5.82 Å². The minimum Gasteiger partial charge on any atom is -0.346 e. The van der Waals surface area contributed by atoms with Gasteiger partial charge in [-0.3, -0.25) is 9.59 Å². The maximum Gasteiger partial charge on any atom is 0.253 e. The van der Waals surface area contributed by atoms with E-state index in [9.17, 15) is 14.0 Å². The van der Waals surface area contributed by atoms with E-state index in [2.05, 4.69) is 15.6 Å². The fraction of sp³-hybridized carbons (Fsp3) is 0.214. The van der Waals surface area contributed by atoms with Gasteiger partial charge in [0.15, 0.2) is 0 Å². The van der Waals surface area contributed by atoms with Gasteiger partial charge in [-0.1, -0.05) is 0 Å². The number of hydrogen-bond acceptors (Lipinski definition) is 3. The Hall–Kier alpha value is -2.70. The molecule has 7 heteroatoms. The molecule has 2 aromatic rings. The van der Waals surface area contributed by atoms with Crippen molar-refractivity contribution in [3.05, 3.63) is 47.8 Å². The number of nitrogens with zero attached hydrogens (tertiary/aromatic N) is 2. The highest BCUT2D eigenvalue weighted by molar-refractivity contribution is 6.03. The Kier molecular flexibility index (Phi) is 4.32. The second kappa shape index (κ2) is 6.17. The van der Waals surface area contributed by atoms with Crippen LogP contribution < -0.4 is 10.6 Å².